The minimum Gasteiger partial charge on any atom is -0.493 e. The van der Waals surface area contributed by atoms with Crippen molar-refractivity contribution in [3.8, 4) is 11.5 Å². The van der Waals surface area contributed by atoms with E-state index in [1.54, 1.807) is 0 Å². The summed E-state index contributed by atoms with van der Waals surface area (Å²) in [6.45, 7) is -1.03. The van der Waals surface area contributed by atoms with E-state index in [0.717, 1.165) is 4.90 Å². The molecule has 1 atom stereocenters. The van der Waals surface area contributed by atoms with E-state index in [1.165, 1.54) is 19.2 Å². The third kappa shape index (κ3) is 3.93. The molecule has 0 bridgehead atoms. The van der Waals surface area contributed by atoms with E-state index in [4.69, 9.17) is 31.9 Å². The van der Waals surface area contributed by atoms with Gasteiger partial charge >= 0.3 is 5.97 Å². The third-order valence-electron chi connectivity index (χ3n) is 3.73. The highest BCUT2D eigenvalue weighted by Gasteiger charge is 2.47. The van der Waals surface area contributed by atoms with Crippen LogP contribution in [0.4, 0.5) is 4.39 Å². The number of carboxylic acid groups (broad SMARTS) is 1. The zero-order valence-electron chi connectivity index (χ0n) is 13.3. The molecule has 0 aliphatic carbocycles. The van der Waals surface area contributed by atoms with Crippen LogP contribution in [0.25, 0.3) is 0 Å². The highest BCUT2D eigenvalue weighted by molar-refractivity contribution is 6.32. The Morgan fingerprint density at radius 3 is 2.64 bits per heavy atom. The number of aliphatic carboxylic acids is 1. The van der Waals surface area contributed by atoms with Crippen molar-refractivity contribution >= 4 is 29.4 Å². The van der Waals surface area contributed by atoms with Crippen molar-refractivity contribution in [3.63, 3.8) is 0 Å². The quantitative estimate of drug-likeness (QED) is 0.761. The van der Waals surface area contributed by atoms with E-state index in [0.29, 0.717) is 0 Å². The SMILES string of the molecule is COc1cc(C(=O)N2CCC(F)(C(=O)O)C2)cc(Cl)c1OCC(N)=O. The average molecular weight is 375 g/mol. The number of hydrogen-bond acceptors (Lipinski definition) is 5. The van der Waals surface area contributed by atoms with Crippen LogP contribution in [-0.4, -0.2) is 60.3 Å². The van der Waals surface area contributed by atoms with Gasteiger partial charge in [-0.1, -0.05) is 11.6 Å². The van der Waals surface area contributed by atoms with Crippen molar-refractivity contribution in [2.24, 2.45) is 5.73 Å². The van der Waals surface area contributed by atoms with E-state index in [2.05, 4.69) is 0 Å². The first kappa shape index (κ1) is 18.8. The maximum Gasteiger partial charge on any atom is 0.343 e. The maximum absolute atomic E-state index is 14.1. The third-order valence-corrected chi connectivity index (χ3v) is 4.01. The summed E-state index contributed by atoms with van der Waals surface area (Å²) in [5, 5.41) is 8.89. The number of alkyl halides is 1. The number of carbonyl (C=O) groups excluding carboxylic acids is 2. The molecular formula is C15H16ClFN2O6. The number of halogens is 2. The predicted molar refractivity (Wildman–Crippen MR) is 84.7 cm³/mol. The standard InChI is InChI=1S/C15H16ClFN2O6/c1-24-10-5-8(4-9(16)12(10)25-6-11(18)20)13(21)19-3-2-15(17,7-19)14(22)23/h4-5H,2-3,6-7H2,1H3,(H2,18,20)(H,22,23). The number of nitrogens with zero attached hydrogens (tertiary/aromatic N) is 1. The Morgan fingerprint density at radius 2 is 2.12 bits per heavy atom. The molecule has 25 heavy (non-hydrogen) atoms. The molecule has 1 aliphatic heterocycles. The molecule has 0 aromatic heterocycles. The van der Waals surface area contributed by atoms with E-state index in [1.807, 2.05) is 0 Å². The molecule has 0 spiro atoms. The molecule has 3 N–H and O–H groups in total. The van der Waals surface area contributed by atoms with Crippen LogP contribution >= 0.6 is 11.6 Å². The average Bonchev–Trinajstić information content (AvgIpc) is 2.96. The van der Waals surface area contributed by atoms with E-state index in [9.17, 15) is 18.8 Å². The monoisotopic (exact) mass is 374 g/mol. The second-order valence-corrected chi connectivity index (χ2v) is 5.90. The van der Waals surface area contributed by atoms with Gasteiger partial charge in [0.15, 0.2) is 18.1 Å². The fourth-order valence-electron chi connectivity index (χ4n) is 2.43. The molecule has 0 radical (unpaired) electrons. The highest BCUT2D eigenvalue weighted by atomic mass is 35.5. The van der Waals surface area contributed by atoms with E-state index in [-0.39, 0.29) is 35.1 Å². The van der Waals surface area contributed by atoms with Crippen LogP contribution in [0.15, 0.2) is 12.1 Å². The highest BCUT2D eigenvalue weighted by Crippen LogP contribution is 2.37. The Balaban J connectivity index is 2.25. The lowest BCUT2D eigenvalue weighted by Crippen LogP contribution is -2.38. The fraction of sp³-hybridized carbons (Fsp3) is 0.400. The second kappa shape index (κ2) is 7.14. The molecule has 1 aromatic carbocycles. The fourth-order valence-corrected chi connectivity index (χ4v) is 2.70. The van der Waals surface area contributed by atoms with Crippen LogP contribution in [0, 0.1) is 0 Å². The van der Waals surface area contributed by atoms with E-state index >= 15 is 0 Å². The number of carboxylic acids is 1. The van der Waals surface area contributed by atoms with Crippen LogP contribution in [0.3, 0.4) is 0 Å². The van der Waals surface area contributed by atoms with Crippen molar-refractivity contribution < 1.29 is 33.4 Å². The number of ether oxygens (including phenoxy) is 2. The lowest BCUT2D eigenvalue weighted by atomic mass is 10.1. The summed E-state index contributed by atoms with van der Waals surface area (Å²) in [6, 6.07) is 2.57. The number of rotatable bonds is 6. The lowest BCUT2D eigenvalue weighted by Gasteiger charge is -2.19. The molecule has 2 amide bonds. The topological polar surface area (TPSA) is 119 Å². The molecule has 0 saturated carbocycles. The summed E-state index contributed by atoms with van der Waals surface area (Å²) in [5.41, 5.74) is 2.61. The van der Waals surface area contributed by atoms with Crippen LogP contribution in [-0.2, 0) is 9.59 Å². The van der Waals surface area contributed by atoms with Crippen LogP contribution in [0.2, 0.25) is 5.02 Å². The van der Waals surface area contributed by atoms with Gasteiger partial charge in [-0.25, -0.2) is 9.18 Å². The number of methoxy groups -OCH3 is 1. The van der Waals surface area contributed by atoms with Gasteiger partial charge in [0.2, 0.25) is 5.67 Å². The zero-order valence-corrected chi connectivity index (χ0v) is 14.0. The molecular weight excluding hydrogens is 359 g/mol. The molecule has 1 heterocycles. The smallest absolute Gasteiger partial charge is 0.343 e. The van der Waals surface area contributed by atoms with Gasteiger partial charge in [0, 0.05) is 18.5 Å². The summed E-state index contributed by atoms with van der Waals surface area (Å²) in [4.78, 5) is 35.3. The molecule has 8 nitrogen and oxygen atoms in total. The van der Waals surface area contributed by atoms with Crippen molar-refractivity contribution in [2.45, 2.75) is 12.1 Å². The molecule has 1 aliphatic rings. The van der Waals surface area contributed by atoms with Crippen molar-refractivity contribution in [1.29, 1.82) is 0 Å². The summed E-state index contributed by atoms with van der Waals surface area (Å²) in [5.74, 6) is -2.80. The number of hydrogen-bond donors (Lipinski definition) is 2. The maximum atomic E-state index is 14.1. The zero-order chi connectivity index (χ0) is 18.8. The van der Waals surface area contributed by atoms with Crippen LogP contribution in [0.5, 0.6) is 11.5 Å². The minimum absolute atomic E-state index is 0.00658. The molecule has 1 fully saturated rings. The van der Waals surface area contributed by atoms with Crippen LogP contribution in [0.1, 0.15) is 16.8 Å². The predicted octanol–water partition coefficient (Wildman–Crippen LogP) is 0.851. The number of carbonyl (C=O) groups is 3. The van der Waals surface area contributed by atoms with Gasteiger partial charge in [-0.05, 0) is 12.1 Å². The molecule has 1 aromatic rings. The van der Waals surface area contributed by atoms with E-state index < -0.39 is 36.6 Å². The Morgan fingerprint density at radius 1 is 1.44 bits per heavy atom. The van der Waals surface area contributed by atoms with Gasteiger partial charge < -0.3 is 25.2 Å². The van der Waals surface area contributed by atoms with Crippen molar-refractivity contribution in [1.82, 2.24) is 4.90 Å². The number of amides is 2. The van der Waals surface area contributed by atoms with Gasteiger partial charge in [-0.15, -0.1) is 0 Å². The first-order valence-corrected chi connectivity index (χ1v) is 7.56. The number of benzene rings is 1. The largest absolute Gasteiger partial charge is 0.493 e. The molecule has 136 valence electrons. The normalized spacial score (nSPS) is 19.6. The first-order valence-electron chi connectivity index (χ1n) is 7.18. The summed E-state index contributed by atoms with van der Waals surface area (Å²) in [6.07, 6.45) is -0.293. The van der Waals surface area contributed by atoms with Crippen molar-refractivity contribution in [3.05, 3.63) is 22.7 Å². The first-order chi connectivity index (χ1) is 11.7. The van der Waals surface area contributed by atoms with Gasteiger partial charge in [0.25, 0.3) is 11.8 Å². The Labute approximate surface area is 147 Å². The number of primary amides is 1. The summed E-state index contributed by atoms with van der Waals surface area (Å²) >= 11 is 6.06. The van der Waals surface area contributed by atoms with Gasteiger partial charge in [-0.2, -0.15) is 0 Å². The molecule has 2 rings (SSSR count). The molecule has 10 heteroatoms. The molecule has 1 saturated heterocycles. The Hall–Kier alpha value is -2.55. The summed E-state index contributed by atoms with van der Waals surface area (Å²) in [7, 11) is 1.31. The van der Waals surface area contributed by atoms with Gasteiger partial charge in [0.05, 0.1) is 18.7 Å². The number of likely N-dealkylation sites (tertiary alicyclic amines) is 1. The Bertz CT molecular complexity index is 728. The Kier molecular flexibility index (Phi) is 5.36. The van der Waals surface area contributed by atoms with Gasteiger partial charge in [-0.3, -0.25) is 9.59 Å². The molecule has 1 unspecified atom stereocenters. The number of nitrogens with two attached hydrogens (primary N) is 1. The van der Waals surface area contributed by atoms with Gasteiger partial charge in [0.1, 0.15) is 0 Å². The lowest BCUT2D eigenvalue weighted by molar-refractivity contribution is -0.149. The van der Waals surface area contributed by atoms with Crippen molar-refractivity contribution in [2.75, 3.05) is 26.8 Å². The van der Waals surface area contributed by atoms with Crippen LogP contribution < -0.4 is 15.2 Å². The minimum atomic E-state index is -2.46. The summed E-state index contributed by atoms with van der Waals surface area (Å²) < 4.78 is 24.4. The second-order valence-electron chi connectivity index (χ2n) is 5.49.